The van der Waals surface area contributed by atoms with Gasteiger partial charge in [0.2, 0.25) is 5.91 Å². The van der Waals surface area contributed by atoms with Crippen LogP contribution >= 0.6 is 12.2 Å². The van der Waals surface area contributed by atoms with Gasteiger partial charge in [0.25, 0.3) is 0 Å². The Morgan fingerprint density at radius 3 is 2.08 bits per heavy atom. The Balaban J connectivity index is 1.51. The molecule has 26 heavy (non-hydrogen) atoms. The summed E-state index contributed by atoms with van der Waals surface area (Å²) < 4.78 is 0. The van der Waals surface area contributed by atoms with Crippen molar-refractivity contribution in [2.75, 3.05) is 31.5 Å². The molecule has 1 N–H and O–H groups in total. The Labute approximate surface area is 162 Å². The summed E-state index contributed by atoms with van der Waals surface area (Å²) in [5, 5.41) is 4.14. The van der Waals surface area contributed by atoms with E-state index < -0.39 is 0 Å². The van der Waals surface area contributed by atoms with Crippen molar-refractivity contribution in [3.8, 4) is 0 Å². The second kappa shape index (κ2) is 8.85. The first kappa shape index (κ1) is 19.2. The summed E-state index contributed by atoms with van der Waals surface area (Å²) in [5.41, 5.74) is 3.52. The van der Waals surface area contributed by atoms with Crippen LogP contribution in [0.2, 0.25) is 0 Å². The first-order valence-corrected chi connectivity index (χ1v) is 10.4. The second-order valence-corrected chi connectivity index (χ2v) is 8.19. The van der Waals surface area contributed by atoms with Crippen molar-refractivity contribution >= 4 is 28.9 Å². The van der Waals surface area contributed by atoms with Crippen LogP contribution < -0.4 is 5.32 Å². The van der Waals surface area contributed by atoms with Crippen LogP contribution in [0.15, 0.2) is 18.2 Å². The summed E-state index contributed by atoms with van der Waals surface area (Å²) in [6, 6.07) is 6.40. The molecule has 0 bridgehead atoms. The number of carbonyl (C=O) groups is 1. The minimum Gasteiger partial charge on any atom is -0.349 e. The molecule has 2 aliphatic rings. The third-order valence-electron chi connectivity index (χ3n) is 5.52. The zero-order valence-corrected chi connectivity index (χ0v) is 16.9. The zero-order chi connectivity index (χ0) is 18.5. The Kier molecular flexibility index (Phi) is 6.52. The number of likely N-dealkylation sites (tertiary alicyclic amines) is 2. The average molecular weight is 374 g/mol. The SMILES string of the molecule is Cc1cc(C)cc(NC(=S)N2CCC(C(=O)N3CCCCCC3)CC2)c1. The van der Waals surface area contributed by atoms with Gasteiger partial charge in [0.1, 0.15) is 0 Å². The van der Waals surface area contributed by atoms with Gasteiger partial charge in [0.05, 0.1) is 0 Å². The number of aryl methyl sites for hydroxylation is 2. The van der Waals surface area contributed by atoms with E-state index in [1.807, 2.05) is 0 Å². The number of hydrogen-bond acceptors (Lipinski definition) is 2. The second-order valence-electron chi connectivity index (χ2n) is 7.81. The summed E-state index contributed by atoms with van der Waals surface area (Å²) in [6.07, 6.45) is 6.66. The van der Waals surface area contributed by atoms with Gasteiger partial charge in [-0.05, 0) is 75.0 Å². The molecule has 2 fully saturated rings. The molecule has 2 aliphatic heterocycles. The van der Waals surface area contributed by atoms with E-state index in [0.29, 0.717) is 5.91 Å². The van der Waals surface area contributed by atoms with E-state index in [2.05, 4.69) is 47.2 Å². The lowest BCUT2D eigenvalue weighted by atomic mass is 9.95. The van der Waals surface area contributed by atoms with Crippen molar-refractivity contribution < 1.29 is 4.79 Å². The number of anilines is 1. The molecule has 1 aromatic rings. The van der Waals surface area contributed by atoms with Crippen LogP contribution in [0.25, 0.3) is 0 Å². The number of amides is 1. The van der Waals surface area contributed by atoms with Gasteiger partial charge in [0.15, 0.2) is 5.11 Å². The monoisotopic (exact) mass is 373 g/mol. The highest BCUT2D eigenvalue weighted by molar-refractivity contribution is 7.80. The normalized spacial score (nSPS) is 19.2. The molecule has 0 spiro atoms. The van der Waals surface area contributed by atoms with Crippen LogP contribution in [0.4, 0.5) is 5.69 Å². The molecule has 3 rings (SSSR count). The van der Waals surface area contributed by atoms with Crippen LogP contribution in [0, 0.1) is 19.8 Å². The molecule has 4 nitrogen and oxygen atoms in total. The Hall–Kier alpha value is -1.62. The van der Waals surface area contributed by atoms with Crippen LogP contribution in [0.3, 0.4) is 0 Å². The highest BCUT2D eigenvalue weighted by Crippen LogP contribution is 2.23. The maximum atomic E-state index is 12.8. The molecule has 2 heterocycles. The molecule has 0 aromatic heterocycles. The van der Waals surface area contributed by atoms with E-state index in [-0.39, 0.29) is 5.92 Å². The lowest BCUT2D eigenvalue weighted by Crippen LogP contribution is -2.45. The molecular formula is C21H31N3OS. The van der Waals surface area contributed by atoms with Crippen LogP contribution in [-0.4, -0.2) is 47.0 Å². The number of benzene rings is 1. The number of nitrogens with zero attached hydrogens (tertiary/aromatic N) is 2. The van der Waals surface area contributed by atoms with Gasteiger partial charge in [-0.3, -0.25) is 4.79 Å². The summed E-state index contributed by atoms with van der Waals surface area (Å²) in [5.74, 6) is 0.549. The third-order valence-corrected chi connectivity index (χ3v) is 5.88. The molecule has 0 unspecified atom stereocenters. The van der Waals surface area contributed by atoms with Crippen molar-refractivity contribution in [2.24, 2.45) is 5.92 Å². The maximum absolute atomic E-state index is 12.8. The molecule has 0 saturated carbocycles. The Morgan fingerprint density at radius 1 is 0.923 bits per heavy atom. The van der Waals surface area contributed by atoms with Gasteiger partial charge >= 0.3 is 0 Å². The number of rotatable bonds is 2. The van der Waals surface area contributed by atoms with Gasteiger partial charge < -0.3 is 15.1 Å². The smallest absolute Gasteiger partial charge is 0.225 e. The van der Waals surface area contributed by atoms with Gasteiger partial charge in [-0.2, -0.15) is 0 Å². The van der Waals surface area contributed by atoms with E-state index in [0.717, 1.165) is 62.7 Å². The minimum absolute atomic E-state index is 0.174. The number of nitrogens with one attached hydrogen (secondary N) is 1. The lowest BCUT2D eigenvalue weighted by Gasteiger charge is -2.35. The summed E-state index contributed by atoms with van der Waals surface area (Å²) >= 11 is 5.61. The molecule has 0 radical (unpaired) electrons. The van der Waals surface area contributed by atoms with Crippen LogP contribution in [0.1, 0.15) is 49.7 Å². The third kappa shape index (κ3) is 4.97. The highest BCUT2D eigenvalue weighted by Gasteiger charge is 2.29. The summed E-state index contributed by atoms with van der Waals surface area (Å²) in [7, 11) is 0. The van der Waals surface area contributed by atoms with Crippen molar-refractivity contribution in [3.63, 3.8) is 0 Å². The number of thiocarbonyl (C=S) groups is 1. The van der Waals surface area contributed by atoms with Gasteiger partial charge in [-0.15, -0.1) is 0 Å². The minimum atomic E-state index is 0.174. The standard InChI is InChI=1S/C21H31N3OS/c1-16-13-17(2)15-19(14-16)22-21(26)24-11-7-18(8-12-24)20(25)23-9-5-3-4-6-10-23/h13-15,18H,3-12H2,1-2H3,(H,22,26). The molecular weight excluding hydrogens is 342 g/mol. The predicted molar refractivity (Wildman–Crippen MR) is 111 cm³/mol. The fraction of sp³-hybridized carbons (Fsp3) is 0.619. The fourth-order valence-corrected chi connectivity index (χ4v) is 4.43. The lowest BCUT2D eigenvalue weighted by molar-refractivity contribution is -0.136. The van der Waals surface area contributed by atoms with E-state index in [1.54, 1.807) is 0 Å². The van der Waals surface area contributed by atoms with E-state index >= 15 is 0 Å². The Bertz CT molecular complexity index is 624. The maximum Gasteiger partial charge on any atom is 0.225 e. The first-order chi connectivity index (χ1) is 12.5. The molecule has 142 valence electrons. The van der Waals surface area contributed by atoms with Crippen molar-refractivity contribution in [1.82, 2.24) is 9.80 Å². The quantitative estimate of drug-likeness (QED) is 0.791. The van der Waals surface area contributed by atoms with Crippen molar-refractivity contribution in [1.29, 1.82) is 0 Å². The molecule has 1 aromatic carbocycles. The van der Waals surface area contributed by atoms with Crippen LogP contribution in [0.5, 0.6) is 0 Å². The van der Waals surface area contributed by atoms with Crippen molar-refractivity contribution in [2.45, 2.75) is 52.4 Å². The summed E-state index contributed by atoms with van der Waals surface area (Å²) in [6.45, 7) is 7.82. The first-order valence-electron chi connectivity index (χ1n) is 9.96. The Morgan fingerprint density at radius 2 is 1.50 bits per heavy atom. The van der Waals surface area contributed by atoms with Crippen LogP contribution in [-0.2, 0) is 4.79 Å². The summed E-state index contributed by atoms with van der Waals surface area (Å²) in [4.78, 5) is 17.1. The topological polar surface area (TPSA) is 35.6 Å². The van der Waals surface area contributed by atoms with Gasteiger partial charge in [-0.25, -0.2) is 0 Å². The average Bonchev–Trinajstić information content (AvgIpc) is 2.89. The zero-order valence-electron chi connectivity index (χ0n) is 16.1. The van der Waals surface area contributed by atoms with E-state index in [1.165, 1.54) is 24.0 Å². The van der Waals surface area contributed by atoms with E-state index in [4.69, 9.17) is 12.2 Å². The molecule has 0 atom stereocenters. The van der Waals surface area contributed by atoms with Crippen molar-refractivity contribution in [3.05, 3.63) is 29.3 Å². The number of piperidine rings is 1. The highest BCUT2D eigenvalue weighted by atomic mass is 32.1. The van der Waals surface area contributed by atoms with E-state index in [9.17, 15) is 4.79 Å². The number of hydrogen-bond donors (Lipinski definition) is 1. The largest absolute Gasteiger partial charge is 0.349 e. The number of carbonyl (C=O) groups excluding carboxylic acids is 1. The van der Waals surface area contributed by atoms with Gasteiger partial charge in [0, 0.05) is 37.8 Å². The molecule has 1 amide bonds. The molecule has 0 aliphatic carbocycles. The van der Waals surface area contributed by atoms with Gasteiger partial charge in [-0.1, -0.05) is 18.9 Å². The predicted octanol–water partition coefficient (Wildman–Crippen LogP) is 4.11. The molecule has 5 heteroatoms. The molecule has 2 saturated heterocycles. The fourth-order valence-electron chi connectivity index (χ4n) is 4.13.